The van der Waals surface area contributed by atoms with Gasteiger partial charge in [-0.15, -0.1) is 0 Å². The van der Waals surface area contributed by atoms with Crippen LogP contribution in [0.15, 0.2) is 22.7 Å². The van der Waals surface area contributed by atoms with Crippen LogP contribution in [0.3, 0.4) is 0 Å². The molecule has 0 saturated heterocycles. The van der Waals surface area contributed by atoms with Gasteiger partial charge in [-0.1, -0.05) is 28.9 Å². The molecule has 2 heteroatoms. The Morgan fingerprint density at radius 1 is 1.54 bits per heavy atom. The van der Waals surface area contributed by atoms with Crippen molar-refractivity contribution in [3.05, 3.63) is 28.2 Å². The minimum atomic E-state index is 0.267. The summed E-state index contributed by atoms with van der Waals surface area (Å²) in [5, 5.41) is 3.57. The Morgan fingerprint density at radius 3 is 3.00 bits per heavy atom. The van der Waals surface area contributed by atoms with E-state index in [0.717, 1.165) is 10.9 Å². The largest absolute Gasteiger partial charge is 0.379 e. The van der Waals surface area contributed by atoms with Crippen molar-refractivity contribution in [2.45, 2.75) is 32.2 Å². The molecule has 1 aliphatic rings. The quantitative estimate of drug-likeness (QED) is 0.791. The highest BCUT2D eigenvalue weighted by molar-refractivity contribution is 9.10. The zero-order chi connectivity index (χ0) is 9.47. The highest BCUT2D eigenvalue weighted by Crippen LogP contribution is 2.35. The third-order valence-electron chi connectivity index (χ3n) is 2.87. The zero-order valence-electron chi connectivity index (χ0n) is 8.02. The van der Waals surface area contributed by atoms with Crippen LogP contribution in [0.25, 0.3) is 0 Å². The first kappa shape index (κ1) is 9.07. The lowest BCUT2D eigenvalue weighted by atomic mass is 9.95. The van der Waals surface area contributed by atoms with Crippen LogP contribution >= 0.6 is 15.9 Å². The summed E-state index contributed by atoms with van der Waals surface area (Å²) in [5.74, 6) is 0. The van der Waals surface area contributed by atoms with Crippen molar-refractivity contribution in [1.29, 1.82) is 0 Å². The van der Waals surface area contributed by atoms with Gasteiger partial charge < -0.3 is 5.32 Å². The number of benzene rings is 1. The minimum absolute atomic E-state index is 0.267. The molecule has 0 bridgehead atoms. The molecule has 1 N–H and O–H groups in total. The third-order valence-corrected chi connectivity index (χ3v) is 3.36. The van der Waals surface area contributed by atoms with E-state index in [4.69, 9.17) is 0 Å². The van der Waals surface area contributed by atoms with Gasteiger partial charge in [-0.3, -0.25) is 0 Å². The smallest absolute Gasteiger partial charge is 0.0389 e. The van der Waals surface area contributed by atoms with Crippen LogP contribution in [0.4, 0.5) is 5.69 Å². The molecule has 0 fully saturated rings. The summed E-state index contributed by atoms with van der Waals surface area (Å²) >= 11 is 3.48. The maximum Gasteiger partial charge on any atom is 0.0389 e. The lowest BCUT2D eigenvalue weighted by Crippen LogP contribution is -2.30. The van der Waals surface area contributed by atoms with E-state index in [1.807, 2.05) is 0 Å². The van der Waals surface area contributed by atoms with Crippen molar-refractivity contribution in [1.82, 2.24) is 0 Å². The molecule has 1 nitrogen and oxygen atoms in total. The number of anilines is 1. The van der Waals surface area contributed by atoms with Crippen molar-refractivity contribution in [3.8, 4) is 0 Å². The fourth-order valence-electron chi connectivity index (χ4n) is 1.82. The fraction of sp³-hybridized carbons (Fsp3) is 0.455. The molecule has 1 aromatic rings. The SMILES string of the molecule is CCC1(C)Cc2ccc(Br)cc2N1. The minimum Gasteiger partial charge on any atom is -0.379 e. The van der Waals surface area contributed by atoms with Gasteiger partial charge in [0.05, 0.1) is 0 Å². The highest BCUT2D eigenvalue weighted by atomic mass is 79.9. The van der Waals surface area contributed by atoms with Crippen LogP contribution in [-0.2, 0) is 6.42 Å². The number of nitrogens with one attached hydrogen (secondary N) is 1. The first-order valence-corrected chi connectivity index (χ1v) is 5.49. The van der Waals surface area contributed by atoms with Crippen LogP contribution in [0.2, 0.25) is 0 Å². The van der Waals surface area contributed by atoms with Crippen LogP contribution in [0.5, 0.6) is 0 Å². The summed E-state index contributed by atoms with van der Waals surface area (Å²) < 4.78 is 1.15. The van der Waals surface area contributed by atoms with Gasteiger partial charge in [0.2, 0.25) is 0 Å². The molecule has 0 saturated carbocycles. The van der Waals surface area contributed by atoms with Crippen molar-refractivity contribution in [2.75, 3.05) is 5.32 Å². The monoisotopic (exact) mass is 239 g/mol. The second kappa shape index (κ2) is 3.02. The van der Waals surface area contributed by atoms with Crippen LogP contribution < -0.4 is 5.32 Å². The van der Waals surface area contributed by atoms with E-state index in [2.05, 4.69) is 53.3 Å². The van der Waals surface area contributed by atoms with Crippen molar-refractivity contribution < 1.29 is 0 Å². The molecular weight excluding hydrogens is 226 g/mol. The normalized spacial score (nSPS) is 25.5. The average molecular weight is 240 g/mol. The second-order valence-corrected chi connectivity index (χ2v) is 4.93. The van der Waals surface area contributed by atoms with Crippen molar-refractivity contribution in [2.24, 2.45) is 0 Å². The van der Waals surface area contributed by atoms with E-state index in [0.29, 0.717) is 0 Å². The van der Waals surface area contributed by atoms with Gasteiger partial charge in [0.15, 0.2) is 0 Å². The maximum absolute atomic E-state index is 3.57. The van der Waals surface area contributed by atoms with E-state index in [-0.39, 0.29) is 5.54 Å². The Labute approximate surface area is 87.7 Å². The summed E-state index contributed by atoms with van der Waals surface area (Å²) in [6.45, 7) is 4.51. The Balaban J connectivity index is 2.35. The molecule has 1 atom stereocenters. The lowest BCUT2D eigenvalue weighted by Gasteiger charge is -2.22. The summed E-state index contributed by atoms with van der Waals surface area (Å²) in [6, 6.07) is 6.48. The summed E-state index contributed by atoms with van der Waals surface area (Å²) in [6.07, 6.45) is 2.31. The summed E-state index contributed by atoms with van der Waals surface area (Å²) in [7, 11) is 0. The van der Waals surface area contributed by atoms with Crippen LogP contribution in [-0.4, -0.2) is 5.54 Å². The molecule has 0 amide bonds. The van der Waals surface area contributed by atoms with Gasteiger partial charge >= 0.3 is 0 Å². The second-order valence-electron chi connectivity index (χ2n) is 4.02. The molecule has 70 valence electrons. The predicted octanol–water partition coefficient (Wildman–Crippen LogP) is 3.59. The van der Waals surface area contributed by atoms with Crippen LogP contribution in [0.1, 0.15) is 25.8 Å². The Kier molecular flexibility index (Phi) is 2.11. The van der Waals surface area contributed by atoms with E-state index < -0.39 is 0 Å². The Morgan fingerprint density at radius 2 is 2.31 bits per heavy atom. The molecule has 2 rings (SSSR count). The van der Waals surface area contributed by atoms with Gasteiger partial charge in [-0.05, 0) is 37.5 Å². The molecule has 0 aliphatic carbocycles. The topological polar surface area (TPSA) is 12.0 Å². The molecule has 1 aromatic carbocycles. The number of rotatable bonds is 1. The van der Waals surface area contributed by atoms with Gasteiger partial charge in [-0.25, -0.2) is 0 Å². The Hall–Kier alpha value is -0.500. The summed E-state index contributed by atoms with van der Waals surface area (Å²) in [5.41, 5.74) is 3.00. The molecule has 0 radical (unpaired) electrons. The summed E-state index contributed by atoms with van der Waals surface area (Å²) in [4.78, 5) is 0. The number of hydrogen-bond donors (Lipinski definition) is 1. The van der Waals surface area contributed by atoms with Crippen LogP contribution in [0, 0.1) is 0 Å². The Bertz CT molecular complexity index is 335. The lowest BCUT2D eigenvalue weighted by molar-refractivity contribution is 0.515. The van der Waals surface area contributed by atoms with Gasteiger partial charge in [0, 0.05) is 15.7 Å². The number of hydrogen-bond acceptors (Lipinski definition) is 1. The number of fused-ring (bicyclic) bond motifs is 1. The van der Waals surface area contributed by atoms with Gasteiger partial charge in [-0.2, -0.15) is 0 Å². The molecule has 1 unspecified atom stereocenters. The molecule has 1 aliphatic heterocycles. The van der Waals surface area contributed by atoms with E-state index >= 15 is 0 Å². The molecule has 0 spiro atoms. The first-order valence-electron chi connectivity index (χ1n) is 4.69. The highest BCUT2D eigenvalue weighted by Gasteiger charge is 2.29. The van der Waals surface area contributed by atoms with E-state index in [9.17, 15) is 0 Å². The molecule has 0 aromatic heterocycles. The number of halogens is 1. The zero-order valence-corrected chi connectivity index (χ0v) is 9.61. The predicted molar refractivity (Wildman–Crippen MR) is 60.2 cm³/mol. The molecule has 13 heavy (non-hydrogen) atoms. The fourth-order valence-corrected chi connectivity index (χ4v) is 2.18. The van der Waals surface area contributed by atoms with E-state index in [1.54, 1.807) is 0 Å². The van der Waals surface area contributed by atoms with Crippen molar-refractivity contribution in [3.63, 3.8) is 0 Å². The van der Waals surface area contributed by atoms with E-state index in [1.165, 1.54) is 17.7 Å². The standard InChI is InChI=1S/C11H14BrN/c1-3-11(2)7-8-4-5-9(12)6-10(8)13-11/h4-6,13H,3,7H2,1-2H3. The van der Waals surface area contributed by atoms with Crippen molar-refractivity contribution >= 4 is 21.6 Å². The third kappa shape index (κ3) is 1.60. The molecular formula is C11H14BrN. The first-order chi connectivity index (χ1) is 6.13. The molecule has 1 heterocycles. The van der Waals surface area contributed by atoms with Gasteiger partial charge in [0.25, 0.3) is 0 Å². The van der Waals surface area contributed by atoms with Gasteiger partial charge in [0.1, 0.15) is 0 Å². The maximum atomic E-state index is 3.57. The average Bonchev–Trinajstić information content (AvgIpc) is 2.42.